The van der Waals surface area contributed by atoms with Crippen molar-refractivity contribution in [1.29, 1.82) is 0 Å². The summed E-state index contributed by atoms with van der Waals surface area (Å²) < 4.78 is 5.42. The lowest BCUT2D eigenvalue weighted by atomic mass is 9.86. The van der Waals surface area contributed by atoms with E-state index in [0.29, 0.717) is 44.0 Å². The number of nitrogens with two attached hydrogens (primary N) is 1. The summed E-state index contributed by atoms with van der Waals surface area (Å²) in [4.78, 5) is 38.0. The molecule has 1 saturated carbocycles. The molecule has 1 heterocycles. The second-order valence-electron chi connectivity index (χ2n) is 10.4. The van der Waals surface area contributed by atoms with Gasteiger partial charge < -0.3 is 20.8 Å². The summed E-state index contributed by atoms with van der Waals surface area (Å²) in [6.07, 6.45) is 6.81. The molecule has 1 aliphatic carbocycles. The summed E-state index contributed by atoms with van der Waals surface area (Å²) in [6, 6.07) is 13.9. The Morgan fingerprint density at radius 3 is 2.55 bits per heavy atom. The number of nitroso groups, excluding NO2 is 1. The van der Waals surface area contributed by atoms with E-state index >= 15 is 0 Å². The van der Waals surface area contributed by atoms with Gasteiger partial charge in [0.15, 0.2) is 0 Å². The molecule has 2 aromatic carbocycles. The van der Waals surface area contributed by atoms with E-state index in [1.165, 1.54) is 6.42 Å². The number of carbonyl (C=O) groups is 2. The van der Waals surface area contributed by atoms with Gasteiger partial charge in [0, 0.05) is 30.8 Å². The van der Waals surface area contributed by atoms with Crippen molar-refractivity contribution in [3.05, 3.63) is 64.1 Å². The Hall–Kier alpha value is -4.08. The van der Waals surface area contributed by atoms with Crippen LogP contribution in [0.2, 0.25) is 0 Å². The van der Waals surface area contributed by atoms with Crippen molar-refractivity contribution < 1.29 is 14.3 Å². The Morgan fingerprint density at radius 1 is 1.10 bits per heavy atom. The third-order valence-electron chi connectivity index (χ3n) is 7.40. The molecule has 1 atom stereocenters. The number of rotatable bonds is 13. The molecular weight excluding hydrogens is 508 g/mol. The molecule has 2 aliphatic rings. The molecule has 2 aromatic rings. The smallest absolute Gasteiger partial charge is 0.310 e. The van der Waals surface area contributed by atoms with Gasteiger partial charge in [0.2, 0.25) is 5.91 Å². The van der Waals surface area contributed by atoms with E-state index < -0.39 is 6.17 Å². The van der Waals surface area contributed by atoms with Crippen LogP contribution in [0.15, 0.2) is 63.6 Å². The zero-order valence-electron chi connectivity index (χ0n) is 23.1. The SMILES string of the molecule is CCCN(CCCN=O)C(=O)C1=Cc2ccc(-c3ccc(CC(=O)OCC4CCC4)cc3)cc2NC(N=NN)C1. The molecule has 0 spiro atoms. The molecule has 0 bridgehead atoms. The van der Waals surface area contributed by atoms with Gasteiger partial charge in [0.05, 0.1) is 19.6 Å². The number of fused-ring (bicyclic) bond motifs is 1. The highest BCUT2D eigenvalue weighted by molar-refractivity contribution is 5.99. The molecule has 3 N–H and O–H groups in total. The minimum Gasteiger partial charge on any atom is -0.465 e. The molecule has 40 heavy (non-hydrogen) atoms. The van der Waals surface area contributed by atoms with Crippen LogP contribution in [0, 0.1) is 10.8 Å². The van der Waals surface area contributed by atoms with E-state index in [1.54, 1.807) is 4.90 Å². The molecular formula is C30H38N6O4. The average Bonchev–Trinajstić information content (AvgIpc) is 3.10. The van der Waals surface area contributed by atoms with Crippen molar-refractivity contribution in [2.75, 3.05) is 31.6 Å². The summed E-state index contributed by atoms with van der Waals surface area (Å²) in [6.45, 7) is 3.77. The average molecular weight is 547 g/mol. The highest BCUT2D eigenvalue weighted by Crippen LogP contribution is 2.32. The maximum absolute atomic E-state index is 13.5. The van der Waals surface area contributed by atoms with Crippen LogP contribution in [-0.2, 0) is 20.7 Å². The predicted molar refractivity (Wildman–Crippen MR) is 155 cm³/mol. The molecule has 4 rings (SSSR count). The fraction of sp³-hybridized carbons (Fsp3) is 0.467. The topological polar surface area (TPSA) is 139 Å². The molecule has 10 nitrogen and oxygen atoms in total. The number of amides is 1. The van der Waals surface area contributed by atoms with Crippen molar-refractivity contribution in [1.82, 2.24) is 4.90 Å². The number of nitrogens with zero attached hydrogens (tertiary/aromatic N) is 4. The van der Waals surface area contributed by atoms with Gasteiger partial charge in [-0.05, 0) is 66.0 Å². The van der Waals surface area contributed by atoms with Gasteiger partial charge in [-0.1, -0.05) is 60.1 Å². The maximum atomic E-state index is 13.5. The van der Waals surface area contributed by atoms with Gasteiger partial charge in [-0.25, -0.2) is 0 Å². The number of hydrogen-bond donors (Lipinski definition) is 2. The first kappa shape index (κ1) is 28.9. The predicted octanol–water partition coefficient (Wildman–Crippen LogP) is 5.49. The normalized spacial score (nSPS) is 16.7. The molecule has 1 amide bonds. The van der Waals surface area contributed by atoms with Gasteiger partial charge in [0.1, 0.15) is 6.17 Å². The highest BCUT2D eigenvalue weighted by atomic mass is 16.5. The van der Waals surface area contributed by atoms with Gasteiger partial charge in [-0.15, -0.1) is 5.11 Å². The van der Waals surface area contributed by atoms with E-state index in [9.17, 15) is 14.5 Å². The van der Waals surface area contributed by atoms with Gasteiger partial charge in [-0.3, -0.25) is 9.59 Å². The zero-order valence-corrected chi connectivity index (χ0v) is 23.1. The summed E-state index contributed by atoms with van der Waals surface area (Å²) in [7, 11) is 0. The van der Waals surface area contributed by atoms with Crippen molar-refractivity contribution in [2.24, 2.45) is 27.3 Å². The van der Waals surface area contributed by atoms with Gasteiger partial charge >= 0.3 is 5.97 Å². The minimum absolute atomic E-state index is 0.0921. The Bertz CT molecular complexity index is 1240. The highest BCUT2D eigenvalue weighted by Gasteiger charge is 2.25. The van der Waals surface area contributed by atoms with Gasteiger partial charge in [0.25, 0.3) is 0 Å². The summed E-state index contributed by atoms with van der Waals surface area (Å²) in [5, 5.41) is 13.9. The second kappa shape index (κ2) is 14.3. The summed E-state index contributed by atoms with van der Waals surface area (Å²) >= 11 is 0. The van der Waals surface area contributed by atoms with E-state index in [1.807, 2.05) is 55.5 Å². The van der Waals surface area contributed by atoms with Crippen LogP contribution in [0.5, 0.6) is 0 Å². The first-order valence-corrected chi connectivity index (χ1v) is 14.0. The fourth-order valence-corrected chi connectivity index (χ4v) is 4.99. The van der Waals surface area contributed by atoms with E-state index in [4.69, 9.17) is 10.6 Å². The number of benzene rings is 2. The van der Waals surface area contributed by atoms with Crippen molar-refractivity contribution >= 4 is 23.6 Å². The first-order valence-electron chi connectivity index (χ1n) is 14.0. The monoisotopic (exact) mass is 546 g/mol. The molecule has 0 aromatic heterocycles. The lowest BCUT2D eigenvalue weighted by Gasteiger charge is -2.24. The van der Waals surface area contributed by atoms with Crippen molar-refractivity contribution in [3.8, 4) is 11.1 Å². The zero-order chi connectivity index (χ0) is 28.3. The maximum Gasteiger partial charge on any atom is 0.310 e. The van der Waals surface area contributed by atoms with Crippen LogP contribution >= 0.6 is 0 Å². The van der Waals surface area contributed by atoms with Crippen LogP contribution in [0.3, 0.4) is 0 Å². The first-order chi connectivity index (χ1) is 19.5. The van der Waals surface area contributed by atoms with Crippen LogP contribution in [0.25, 0.3) is 17.2 Å². The van der Waals surface area contributed by atoms with Crippen LogP contribution in [-0.4, -0.2) is 49.2 Å². The third kappa shape index (κ3) is 7.74. The van der Waals surface area contributed by atoms with E-state index in [-0.39, 0.29) is 24.8 Å². The van der Waals surface area contributed by atoms with Crippen LogP contribution in [0.4, 0.5) is 5.69 Å². The molecule has 10 heteroatoms. The number of esters is 1. The van der Waals surface area contributed by atoms with E-state index in [0.717, 1.165) is 47.2 Å². The second-order valence-corrected chi connectivity index (χ2v) is 10.4. The fourth-order valence-electron chi connectivity index (χ4n) is 4.99. The minimum atomic E-state index is -0.509. The lowest BCUT2D eigenvalue weighted by Crippen LogP contribution is -2.35. The Kier molecular flexibility index (Phi) is 10.4. The summed E-state index contributed by atoms with van der Waals surface area (Å²) in [5.41, 5.74) is 5.15. The summed E-state index contributed by atoms with van der Waals surface area (Å²) in [5.74, 6) is 5.63. The van der Waals surface area contributed by atoms with Crippen LogP contribution in [0.1, 0.15) is 56.6 Å². The molecule has 0 radical (unpaired) electrons. The number of ether oxygens (including phenoxy) is 1. The largest absolute Gasteiger partial charge is 0.465 e. The Balaban J connectivity index is 1.50. The molecule has 0 saturated heterocycles. The Labute approximate surface area is 235 Å². The van der Waals surface area contributed by atoms with E-state index in [2.05, 4.69) is 20.8 Å². The van der Waals surface area contributed by atoms with Crippen molar-refractivity contribution in [3.63, 3.8) is 0 Å². The molecule has 212 valence electrons. The van der Waals surface area contributed by atoms with Crippen LogP contribution < -0.4 is 11.2 Å². The number of nitrogens with one attached hydrogen (secondary N) is 1. The number of anilines is 1. The quantitative estimate of drug-likeness (QED) is 0.0851. The van der Waals surface area contributed by atoms with Crippen molar-refractivity contribution in [2.45, 2.75) is 58.0 Å². The number of hydrogen-bond acceptors (Lipinski definition) is 8. The molecule has 1 aliphatic heterocycles. The number of carbonyl (C=O) groups excluding carboxylic acids is 2. The Morgan fingerprint density at radius 2 is 1.88 bits per heavy atom. The molecule has 1 unspecified atom stereocenters. The lowest BCUT2D eigenvalue weighted by molar-refractivity contribution is -0.145. The third-order valence-corrected chi connectivity index (χ3v) is 7.40. The standard InChI is InChI=1S/C30H38N6O4/c1-2-14-36(15-4-13-32-39)30(38)26-17-25-12-11-24(18-27(25)33-28(19-26)34-35-31)23-9-7-21(8-10-23)16-29(37)40-20-22-5-3-6-22/h7-12,17-18,22,28,33H,2-6,13-16,19-20H2,1H3,(H2,31,34). The van der Waals surface area contributed by atoms with Gasteiger partial charge in [-0.2, -0.15) is 4.91 Å². The molecule has 1 fully saturated rings.